The second-order valence-corrected chi connectivity index (χ2v) is 8.72. The highest BCUT2D eigenvalue weighted by Gasteiger charge is 2.39. The molecular formula is C26H21Cl2N3O3. The van der Waals surface area contributed by atoms with E-state index in [4.69, 9.17) is 23.2 Å². The Balaban J connectivity index is 1.44. The largest absolute Gasteiger partial charge is 0.350 e. The molecule has 3 aromatic rings. The van der Waals surface area contributed by atoms with Gasteiger partial charge in [-0.15, -0.1) is 0 Å². The van der Waals surface area contributed by atoms with Gasteiger partial charge in [0.25, 0.3) is 11.8 Å². The van der Waals surface area contributed by atoms with E-state index in [1.165, 1.54) is 0 Å². The van der Waals surface area contributed by atoms with Crippen molar-refractivity contribution in [2.24, 2.45) is 0 Å². The van der Waals surface area contributed by atoms with Crippen LogP contribution in [0.1, 0.15) is 16.7 Å². The number of benzene rings is 3. The summed E-state index contributed by atoms with van der Waals surface area (Å²) in [5.41, 5.74) is 4.26. The molecule has 0 atom stereocenters. The molecule has 0 fully saturated rings. The van der Waals surface area contributed by atoms with Gasteiger partial charge in [0.2, 0.25) is 5.91 Å². The number of hydrogen-bond acceptors (Lipinski definition) is 4. The van der Waals surface area contributed by atoms with Crippen LogP contribution >= 0.6 is 23.2 Å². The zero-order valence-corrected chi connectivity index (χ0v) is 20.0. The Bertz CT molecular complexity index is 1330. The maximum absolute atomic E-state index is 12.9. The first kappa shape index (κ1) is 23.5. The minimum Gasteiger partial charge on any atom is -0.350 e. The number of amides is 3. The summed E-state index contributed by atoms with van der Waals surface area (Å²) < 4.78 is 0. The topological polar surface area (TPSA) is 78.5 Å². The predicted octanol–water partition coefficient (Wildman–Crippen LogP) is 5.57. The van der Waals surface area contributed by atoms with Crippen molar-refractivity contribution in [3.63, 3.8) is 0 Å². The molecule has 1 aliphatic heterocycles. The Hall–Kier alpha value is -3.61. The van der Waals surface area contributed by atoms with E-state index in [0.29, 0.717) is 16.4 Å². The van der Waals surface area contributed by atoms with Gasteiger partial charge in [-0.1, -0.05) is 59.6 Å². The van der Waals surface area contributed by atoms with Gasteiger partial charge < -0.3 is 10.6 Å². The van der Waals surface area contributed by atoms with Crippen LogP contribution in [0.2, 0.25) is 5.02 Å². The maximum atomic E-state index is 12.9. The molecule has 0 saturated carbocycles. The van der Waals surface area contributed by atoms with Gasteiger partial charge in [0.1, 0.15) is 10.7 Å². The third-order valence-corrected chi connectivity index (χ3v) is 6.21. The fourth-order valence-electron chi connectivity index (χ4n) is 3.51. The van der Waals surface area contributed by atoms with Gasteiger partial charge in [-0.05, 0) is 60.9 Å². The minimum atomic E-state index is -0.626. The van der Waals surface area contributed by atoms with Gasteiger partial charge in [-0.25, -0.2) is 4.90 Å². The zero-order valence-electron chi connectivity index (χ0n) is 18.5. The maximum Gasteiger partial charge on any atom is 0.283 e. The molecule has 4 rings (SSSR count). The average Bonchev–Trinajstić information content (AvgIpc) is 3.01. The fraction of sp³-hybridized carbons (Fsp3) is 0.115. The van der Waals surface area contributed by atoms with Crippen LogP contribution < -0.4 is 15.5 Å². The lowest BCUT2D eigenvalue weighted by Crippen LogP contribution is -2.32. The lowest BCUT2D eigenvalue weighted by molar-refractivity contribution is -0.120. The number of anilines is 3. The summed E-state index contributed by atoms with van der Waals surface area (Å²) in [7, 11) is 0. The smallest absolute Gasteiger partial charge is 0.283 e. The molecule has 0 bridgehead atoms. The normalized spacial score (nSPS) is 13.5. The zero-order chi connectivity index (χ0) is 24.4. The molecule has 0 unspecified atom stereocenters. The summed E-state index contributed by atoms with van der Waals surface area (Å²) in [6, 6.07) is 19.5. The molecule has 1 heterocycles. The van der Waals surface area contributed by atoms with E-state index in [1.54, 1.807) is 42.5 Å². The molecule has 3 amide bonds. The summed E-state index contributed by atoms with van der Waals surface area (Å²) in [4.78, 5) is 39.0. The second kappa shape index (κ2) is 9.71. The van der Waals surface area contributed by atoms with Gasteiger partial charge in [0.05, 0.1) is 12.1 Å². The molecule has 6 nitrogen and oxygen atoms in total. The second-order valence-electron chi connectivity index (χ2n) is 7.93. The summed E-state index contributed by atoms with van der Waals surface area (Å²) in [6.45, 7) is 3.76. The van der Waals surface area contributed by atoms with E-state index in [-0.39, 0.29) is 23.1 Å². The van der Waals surface area contributed by atoms with Crippen LogP contribution in [-0.4, -0.2) is 17.7 Å². The highest BCUT2D eigenvalue weighted by molar-refractivity contribution is 6.53. The lowest BCUT2D eigenvalue weighted by atomic mass is 10.1. The van der Waals surface area contributed by atoms with Crippen molar-refractivity contribution >= 4 is 58.0 Å². The molecule has 8 heteroatoms. The van der Waals surface area contributed by atoms with E-state index in [1.807, 2.05) is 38.1 Å². The fourth-order valence-corrected chi connectivity index (χ4v) is 3.90. The van der Waals surface area contributed by atoms with Crippen LogP contribution in [0.3, 0.4) is 0 Å². The summed E-state index contributed by atoms with van der Waals surface area (Å²) in [5.74, 6) is -1.33. The minimum absolute atomic E-state index is 0.0200. The Kier molecular flexibility index (Phi) is 6.72. The summed E-state index contributed by atoms with van der Waals surface area (Å²) >= 11 is 12.4. The van der Waals surface area contributed by atoms with Gasteiger partial charge in [-0.2, -0.15) is 0 Å². The molecule has 2 N–H and O–H groups in total. The summed E-state index contributed by atoms with van der Waals surface area (Å²) in [6.07, 6.45) is 0.192. The number of rotatable bonds is 6. The number of para-hydroxylation sites is 1. The standard InChI is InChI=1S/C26H21Cl2N3O3/c1-15-7-12-19(14-20(15)27)31-25(33)23(28)24(26(31)34)29-18-10-8-17(9-11-18)13-22(32)30-21-6-4-3-5-16(21)2/h3-12,14,29H,13H2,1-2H3,(H,30,32). The van der Waals surface area contributed by atoms with Gasteiger partial charge in [0, 0.05) is 16.4 Å². The van der Waals surface area contributed by atoms with Crippen LogP contribution in [0.15, 0.2) is 77.5 Å². The van der Waals surface area contributed by atoms with Crippen LogP contribution in [0.4, 0.5) is 17.1 Å². The average molecular weight is 494 g/mol. The van der Waals surface area contributed by atoms with Crippen LogP contribution in [0.5, 0.6) is 0 Å². The highest BCUT2D eigenvalue weighted by Crippen LogP contribution is 2.32. The van der Waals surface area contributed by atoms with Crippen molar-refractivity contribution in [2.75, 3.05) is 15.5 Å². The first-order chi connectivity index (χ1) is 16.2. The third kappa shape index (κ3) is 4.83. The molecule has 172 valence electrons. The molecule has 0 spiro atoms. The molecule has 34 heavy (non-hydrogen) atoms. The molecule has 0 aromatic heterocycles. The van der Waals surface area contributed by atoms with E-state index in [0.717, 1.165) is 27.3 Å². The number of carbonyl (C=O) groups is 3. The first-order valence-corrected chi connectivity index (χ1v) is 11.3. The Labute approximate surface area is 207 Å². The van der Waals surface area contributed by atoms with Crippen molar-refractivity contribution < 1.29 is 14.4 Å². The van der Waals surface area contributed by atoms with Crippen LogP contribution in [0, 0.1) is 13.8 Å². The van der Waals surface area contributed by atoms with Crippen molar-refractivity contribution in [1.82, 2.24) is 0 Å². The molecule has 0 aliphatic carbocycles. The number of nitrogens with one attached hydrogen (secondary N) is 2. The summed E-state index contributed by atoms with van der Waals surface area (Å²) in [5, 5.41) is 6.06. The van der Waals surface area contributed by atoms with Gasteiger partial charge >= 0.3 is 0 Å². The van der Waals surface area contributed by atoms with E-state index in [9.17, 15) is 14.4 Å². The molecule has 1 aliphatic rings. The SMILES string of the molecule is Cc1ccc(N2C(=O)C(Cl)=C(Nc3ccc(CC(=O)Nc4ccccc4C)cc3)C2=O)cc1Cl. The Morgan fingerprint density at radius 1 is 0.882 bits per heavy atom. The molecule has 3 aromatic carbocycles. The number of imide groups is 1. The van der Waals surface area contributed by atoms with Crippen molar-refractivity contribution in [3.8, 4) is 0 Å². The number of hydrogen-bond donors (Lipinski definition) is 2. The molecular weight excluding hydrogens is 473 g/mol. The quantitative estimate of drug-likeness (QED) is 0.439. The lowest BCUT2D eigenvalue weighted by Gasteiger charge is -2.16. The van der Waals surface area contributed by atoms with Gasteiger partial charge in [-0.3, -0.25) is 14.4 Å². The van der Waals surface area contributed by atoms with E-state index < -0.39 is 11.8 Å². The number of aryl methyl sites for hydroxylation is 2. The molecule has 0 radical (unpaired) electrons. The highest BCUT2D eigenvalue weighted by atomic mass is 35.5. The van der Waals surface area contributed by atoms with Crippen molar-refractivity contribution in [2.45, 2.75) is 20.3 Å². The molecule has 0 saturated heterocycles. The van der Waals surface area contributed by atoms with E-state index >= 15 is 0 Å². The predicted molar refractivity (Wildman–Crippen MR) is 135 cm³/mol. The van der Waals surface area contributed by atoms with Gasteiger partial charge in [0.15, 0.2) is 0 Å². The van der Waals surface area contributed by atoms with Crippen molar-refractivity contribution in [3.05, 3.63) is 99.2 Å². The third-order valence-electron chi connectivity index (χ3n) is 5.45. The number of carbonyl (C=O) groups excluding carboxylic acids is 3. The monoisotopic (exact) mass is 493 g/mol. The first-order valence-electron chi connectivity index (χ1n) is 10.5. The van der Waals surface area contributed by atoms with Crippen LogP contribution in [0.25, 0.3) is 0 Å². The van der Waals surface area contributed by atoms with E-state index in [2.05, 4.69) is 10.6 Å². The van der Waals surface area contributed by atoms with Crippen molar-refractivity contribution in [1.29, 1.82) is 0 Å². The number of nitrogens with zero attached hydrogens (tertiary/aromatic N) is 1. The Morgan fingerprint density at radius 2 is 1.59 bits per heavy atom. The number of halogens is 2. The Morgan fingerprint density at radius 3 is 2.26 bits per heavy atom. The van der Waals surface area contributed by atoms with Crippen LogP contribution in [-0.2, 0) is 20.8 Å².